The van der Waals surface area contributed by atoms with Crippen LogP contribution in [0.5, 0.6) is 0 Å². The van der Waals surface area contributed by atoms with Gasteiger partial charge in [-0.05, 0) is 43.0 Å². The molecule has 31 heavy (non-hydrogen) atoms. The fraction of sp³-hybridized carbons (Fsp3) is 0.214. The number of ether oxygens (including phenoxy) is 1. The molecule has 0 saturated heterocycles. The molecule has 0 radical (unpaired) electrons. The first-order valence-corrected chi connectivity index (χ1v) is 10.6. The lowest BCUT2D eigenvalue weighted by Crippen LogP contribution is -2.20. The van der Waals surface area contributed by atoms with Crippen LogP contribution in [0.15, 0.2) is 90.5 Å². The largest absolute Gasteiger partial charge is 0.466 e. The van der Waals surface area contributed by atoms with E-state index in [-0.39, 0.29) is 18.2 Å². The molecule has 0 amide bonds. The summed E-state index contributed by atoms with van der Waals surface area (Å²) in [6.07, 6.45) is 0.141. The molecule has 0 aromatic heterocycles. The minimum absolute atomic E-state index is 0.0210. The van der Waals surface area contributed by atoms with Crippen LogP contribution in [0, 0.1) is 12.8 Å². The van der Waals surface area contributed by atoms with E-state index < -0.39 is 5.92 Å². The summed E-state index contributed by atoms with van der Waals surface area (Å²) in [4.78, 5) is 25.9. The van der Waals surface area contributed by atoms with Gasteiger partial charge in [-0.2, -0.15) is 0 Å². The summed E-state index contributed by atoms with van der Waals surface area (Å²) in [5.74, 6) is -0.893. The number of hydrogen-bond acceptors (Lipinski definition) is 3. The molecule has 0 aliphatic carbocycles. The molecule has 1 unspecified atom stereocenters. The van der Waals surface area contributed by atoms with E-state index in [1.54, 1.807) is 6.92 Å². The van der Waals surface area contributed by atoms with Crippen LogP contribution in [-0.2, 0) is 9.53 Å². The normalized spacial score (nSPS) is 12.6. The molecule has 0 saturated carbocycles. The third-order valence-electron chi connectivity index (χ3n) is 5.33. The zero-order valence-electron chi connectivity index (χ0n) is 18.3. The molecule has 0 fully saturated rings. The monoisotopic (exact) mass is 412 g/mol. The molecule has 3 nitrogen and oxygen atoms in total. The van der Waals surface area contributed by atoms with Crippen LogP contribution in [-0.4, -0.2) is 18.4 Å². The summed E-state index contributed by atoms with van der Waals surface area (Å²) in [6.45, 7) is 5.95. The Labute approximate surface area is 184 Å². The average Bonchev–Trinajstić information content (AvgIpc) is 2.80. The quantitative estimate of drug-likeness (QED) is 0.323. The Bertz CT molecular complexity index is 1050. The minimum Gasteiger partial charge on any atom is -0.466 e. The Morgan fingerprint density at radius 2 is 1.29 bits per heavy atom. The molecule has 158 valence electrons. The van der Waals surface area contributed by atoms with Gasteiger partial charge >= 0.3 is 5.97 Å². The van der Waals surface area contributed by atoms with Crippen molar-refractivity contribution in [1.29, 1.82) is 0 Å². The molecule has 3 aromatic carbocycles. The van der Waals surface area contributed by atoms with Crippen LogP contribution in [0.4, 0.5) is 0 Å². The van der Waals surface area contributed by atoms with Crippen molar-refractivity contribution in [3.8, 4) is 0 Å². The van der Waals surface area contributed by atoms with Crippen molar-refractivity contribution in [3.63, 3.8) is 0 Å². The number of aryl methyl sites for hydroxylation is 1. The maximum atomic E-state index is 13.2. The predicted octanol–water partition coefficient (Wildman–Crippen LogP) is 6.27. The van der Waals surface area contributed by atoms with Gasteiger partial charge in [-0.1, -0.05) is 90.5 Å². The summed E-state index contributed by atoms with van der Waals surface area (Å²) in [5, 5.41) is 0. The first-order valence-electron chi connectivity index (χ1n) is 10.6. The second kappa shape index (κ2) is 10.5. The lowest BCUT2D eigenvalue weighted by molar-refractivity contribution is -0.146. The van der Waals surface area contributed by atoms with E-state index >= 15 is 0 Å². The molecule has 0 aliphatic rings. The van der Waals surface area contributed by atoms with Gasteiger partial charge in [0.2, 0.25) is 0 Å². The van der Waals surface area contributed by atoms with Crippen molar-refractivity contribution in [2.45, 2.75) is 27.2 Å². The van der Waals surface area contributed by atoms with Crippen LogP contribution in [0.3, 0.4) is 0 Å². The Hall–Kier alpha value is -3.46. The molecule has 3 heteroatoms. The van der Waals surface area contributed by atoms with E-state index in [1.165, 1.54) is 0 Å². The van der Waals surface area contributed by atoms with Crippen LogP contribution in [0.2, 0.25) is 0 Å². The molecule has 3 rings (SSSR count). The summed E-state index contributed by atoms with van der Waals surface area (Å²) in [6, 6.07) is 27.3. The number of carbonyl (C=O) groups excluding carboxylic acids is 2. The molecule has 1 atom stereocenters. The Kier molecular flexibility index (Phi) is 7.55. The molecular formula is C28H28O3. The molecule has 0 spiro atoms. The van der Waals surface area contributed by atoms with E-state index in [0.29, 0.717) is 12.2 Å². The van der Waals surface area contributed by atoms with Gasteiger partial charge in [0.25, 0.3) is 0 Å². The maximum absolute atomic E-state index is 13.2. The first-order chi connectivity index (χ1) is 15.0. The fourth-order valence-corrected chi connectivity index (χ4v) is 3.63. The van der Waals surface area contributed by atoms with E-state index in [2.05, 4.69) is 0 Å². The fourth-order valence-electron chi connectivity index (χ4n) is 3.63. The van der Waals surface area contributed by atoms with E-state index in [0.717, 1.165) is 27.8 Å². The number of Topliss-reactive ketones (excluding diaryl/α,β-unsaturated/α-hetero) is 1. The van der Waals surface area contributed by atoms with Crippen LogP contribution < -0.4 is 0 Å². The number of esters is 1. The minimum atomic E-state index is -0.552. The molecule has 0 heterocycles. The number of benzene rings is 3. The summed E-state index contributed by atoms with van der Waals surface area (Å²) < 4.78 is 5.33. The van der Waals surface area contributed by atoms with Crippen LogP contribution >= 0.6 is 0 Å². The summed E-state index contributed by atoms with van der Waals surface area (Å²) in [7, 11) is 0. The van der Waals surface area contributed by atoms with Crippen molar-refractivity contribution in [1.82, 2.24) is 0 Å². The van der Waals surface area contributed by atoms with Gasteiger partial charge in [0.1, 0.15) is 0 Å². The van der Waals surface area contributed by atoms with Crippen molar-refractivity contribution >= 4 is 17.3 Å². The Morgan fingerprint density at radius 3 is 1.84 bits per heavy atom. The highest BCUT2D eigenvalue weighted by Crippen LogP contribution is 2.34. The van der Waals surface area contributed by atoms with Crippen molar-refractivity contribution < 1.29 is 14.3 Å². The summed E-state index contributed by atoms with van der Waals surface area (Å²) in [5.41, 5.74) is 5.40. The number of ketones is 1. The smallest absolute Gasteiger partial charge is 0.312 e. The molecule has 0 N–H and O–H groups in total. The lowest BCUT2D eigenvalue weighted by atomic mass is 9.83. The zero-order chi connectivity index (χ0) is 22.2. The second-order valence-corrected chi connectivity index (χ2v) is 7.57. The predicted molar refractivity (Wildman–Crippen MR) is 125 cm³/mol. The van der Waals surface area contributed by atoms with E-state index in [9.17, 15) is 9.59 Å². The second-order valence-electron chi connectivity index (χ2n) is 7.57. The van der Waals surface area contributed by atoms with Crippen LogP contribution in [0.25, 0.3) is 5.57 Å². The topological polar surface area (TPSA) is 43.4 Å². The SMILES string of the molecule is CCOC(=O)C(C)/C(CC(=O)c1ccccc1)=C(/c1ccccc1)c1ccc(C)cc1. The van der Waals surface area contributed by atoms with Gasteiger partial charge in [-0.15, -0.1) is 0 Å². The molecule has 0 bridgehead atoms. The first kappa shape index (κ1) is 22.2. The Balaban J connectivity index is 2.20. The van der Waals surface area contributed by atoms with Gasteiger partial charge in [0.15, 0.2) is 5.78 Å². The van der Waals surface area contributed by atoms with Crippen molar-refractivity contribution in [2.24, 2.45) is 5.92 Å². The summed E-state index contributed by atoms with van der Waals surface area (Å²) >= 11 is 0. The number of rotatable bonds is 8. The lowest BCUT2D eigenvalue weighted by Gasteiger charge is -2.21. The average molecular weight is 413 g/mol. The molecule has 0 aliphatic heterocycles. The van der Waals surface area contributed by atoms with E-state index in [4.69, 9.17) is 4.74 Å². The van der Waals surface area contributed by atoms with Gasteiger partial charge in [0.05, 0.1) is 12.5 Å². The number of carbonyl (C=O) groups is 2. The maximum Gasteiger partial charge on any atom is 0.312 e. The number of hydrogen-bond donors (Lipinski definition) is 0. The van der Waals surface area contributed by atoms with Crippen LogP contribution in [0.1, 0.15) is 47.3 Å². The molecular weight excluding hydrogens is 384 g/mol. The zero-order valence-corrected chi connectivity index (χ0v) is 18.3. The van der Waals surface area contributed by atoms with Gasteiger partial charge in [-0.3, -0.25) is 9.59 Å². The highest BCUT2D eigenvalue weighted by Gasteiger charge is 2.26. The standard InChI is InChI=1S/C28H28O3/c1-4-31-28(30)21(3)25(19-26(29)22-11-7-5-8-12-22)27(23-13-9-6-10-14-23)24-17-15-20(2)16-18-24/h5-18,21H,4,19H2,1-3H3/b27-25-. The van der Waals surface area contributed by atoms with E-state index in [1.807, 2.05) is 98.8 Å². The van der Waals surface area contributed by atoms with Gasteiger partial charge in [0, 0.05) is 12.0 Å². The third-order valence-corrected chi connectivity index (χ3v) is 5.33. The van der Waals surface area contributed by atoms with Gasteiger partial charge in [-0.25, -0.2) is 0 Å². The highest BCUT2D eigenvalue weighted by molar-refractivity contribution is 6.00. The Morgan fingerprint density at radius 1 is 0.774 bits per heavy atom. The van der Waals surface area contributed by atoms with Gasteiger partial charge < -0.3 is 4.74 Å². The third kappa shape index (κ3) is 5.58. The highest BCUT2D eigenvalue weighted by atomic mass is 16.5. The van der Waals surface area contributed by atoms with Crippen molar-refractivity contribution in [2.75, 3.05) is 6.61 Å². The van der Waals surface area contributed by atoms with Crippen molar-refractivity contribution in [3.05, 3.63) is 113 Å². The molecule has 3 aromatic rings.